The van der Waals surface area contributed by atoms with Crippen molar-refractivity contribution < 1.29 is 9.52 Å². The molecule has 0 unspecified atom stereocenters. The molecule has 2 rings (SSSR count). The van der Waals surface area contributed by atoms with Crippen LogP contribution in [0.1, 0.15) is 18.3 Å². The van der Waals surface area contributed by atoms with Gasteiger partial charge in [0.25, 0.3) is 0 Å². The third kappa shape index (κ3) is 1.64. The monoisotopic (exact) mass is 191 g/mol. The summed E-state index contributed by atoms with van der Waals surface area (Å²) >= 11 is 0. The van der Waals surface area contributed by atoms with Gasteiger partial charge < -0.3 is 15.3 Å². The van der Waals surface area contributed by atoms with Crippen molar-refractivity contribution in [2.75, 3.05) is 6.54 Å². The zero-order chi connectivity index (χ0) is 9.97. The van der Waals surface area contributed by atoms with Crippen molar-refractivity contribution in [3.05, 3.63) is 36.1 Å². The summed E-state index contributed by atoms with van der Waals surface area (Å²) in [6, 6.07) is 9.54. The van der Waals surface area contributed by atoms with Gasteiger partial charge in [-0.2, -0.15) is 0 Å². The Morgan fingerprint density at radius 1 is 1.36 bits per heavy atom. The first kappa shape index (κ1) is 9.24. The molecule has 14 heavy (non-hydrogen) atoms. The summed E-state index contributed by atoms with van der Waals surface area (Å²) < 4.78 is 5.48. The Balaban J connectivity index is 2.35. The SMILES string of the molecule is NCC[C@@H](O)c1cc2ccccc2o1. The maximum Gasteiger partial charge on any atom is 0.134 e. The molecule has 0 saturated heterocycles. The van der Waals surface area contributed by atoms with Gasteiger partial charge in [0.05, 0.1) is 0 Å². The predicted octanol–water partition coefficient (Wildman–Crippen LogP) is 1.82. The molecule has 3 N–H and O–H groups in total. The molecule has 1 heterocycles. The first-order chi connectivity index (χ1) is 6.81. The van der Waals surface area contributed by atoms with Crippen LogP contribution in [0.15, 0.2) is 34.7 Å². The Hall–Kier alpha value is -1.32. The van der Waals surface area contributed by atoms with E-state index < -0.39 is 6.10 Å². The number of para-hydroxylation sites is 1. The number of rotatable bonds is 3. The molecule has 0 fully saturated rings. The minimum absolute atomic E-state index is 0.457. The van der Waals surface area contributed by atoms with Crippen LogP contribution >= 0.6 is 0 Å². The van der Waals surface area contributed by atoms with Crippen molar-refractivity contribution in [2.24, 2.45) is 5.73 Å². The number of hydrogen-bond donors (Lipinski definition) is 2. The van der Waals surface area contributed by atoms with Crippen LogP contribution in [0.4, 0.5) is 0 Å². The summed E-state index contributed by atoms with van der Waals surface area (Å²) in [6.45, 7) is 0.457. The molecule has 0 amide bonds. The standard InChI is InChI=1S/C11H13NO2/c12-6-5-9(13)11-7-8-3-1-2-4-10(8)14-11/h1-4,7,9,13H,5-6,12H2/t9-/m1/s1. The van der Waals surface area contributed by atoms with Gasteiger partial charge in [-0.1, -0.05) is 18.2 Å². The molecule has 3 heteroatoms. The maximum absolute atomic E-state index is 9.65. The molecule has 0 aliphatic carbocycles. The summed E-state index contributed by atoms with van der Waals surface area (Å²) in [6.07, 6.45) is -0.0628. The average molecular weight is 191 g/mol. The van der Waals surface area contributed by atoms with E-state index in [0.29, 0.717) is 18.7 Å². The smallest absolute Gasteiger partial charge is 0.134 e. The van der Waals surface area contributed by atoms with Gasteiger partial charge >= 0.3 is 0 Å². The highest BCUT2D eigenvalue weighted by Gasteiger charge is 2.11. The number of aliphatic hydroxyl groups is 1. The van der Waals surface area contributed by atoms with Crippen molar-refractivity contribution in [3.63, 3.8) is 0 Å². The van der Waals surface area contributed by atoms with Crippen LogP contribution in [-0.4, -0.2) is 11.7 Å². The first-order valence-corrected chi connectivity index (χ1v) is 4.68. The molecule has 0 aliphatic rings. The highest BCUT2D eigenvalue weighted by molar-refractivity contribution is 5.77. The Morgan fingerprint density at radius 2 is 2.14 bits per heavy atom. The van der Waals surface area contributed by atoms with Crippen LogP contribution in [0.3, 0.4) is 0 Å². The van der Waals surface area contributed by atoms with E-state index in [2.05, 4.69) is 0 Å². The zero-order valence-corrected chi connectivity index (χ0v) is 7.81. The lowest BCUT2D eigenvalue weighted by molar-refractivity contribution is 0.145. The fraction of sp³-hybridized carbons (Fsp3) is 0.273. The van der Waals surface area contributed by atoms with E-state index in [9.17, 15) is 5.11 Å². The lowest BCUT2D eigenvalue weighted by Gasteiger charge is -2.03. The molecule has 74 valence electrons. The van der Waals surface area contributed by atoms with Gasteiger partial charge in [-0.3, -0.25) is 0 Å². The maximum atomic E-state index is 9.65. The summed E-state index contributed by atoms with van der Waals surface area (Å²) in [5.41, 5.74) is 6.16. The lowest BCUT2D eigenvalue weighted by atomic mass is 10.2. The quantitative estimate of drug-likeness (QED) is 0.777. The first-order valence-electron chi connectivity index (χ1n) is 4.68. The van der Waals surface area contributed by atoms with E-state index >= 15 is 0 Å². The summed E-state index contributed by atoms with van der Waals surface area (Å²) in [7, 11) is 0. The Kier molecular flexibility index (Phi) is 2.52. The van der Waals surface area contributed by atoms with Gasteiger partial charge in [-0.05, 0) is 25.1 Å². The largest absolute Gasteiger partial charge is 0.458 e. The molecule has 0 bridgehead atoms. The van der Waals surface area contributed by atoms with Gasteiger partial charge in [-0.15, -0.1) is 0 Å². The van der Waals surface area contributed by atoms with Crippen molar-refractivity contribution >= 4 is 11.0 Å². The summed E-state index contributed by atoms with van der Waals surface area (Å²) in [5, 5.41) is 10.7. The fourth-order valence-corrected chi connectivity index (χ4v) is 1.47. The number of aliphatic hydroxyl groups excluding tert-OH is 1. The molecule has 0 saturated carbocycles. The molecule has 0 aliphatic heterocycles. The van der Waals surface area contributed by atoms with E-state index in [-0.39, 0.29) is 0 Å². The molecule has 1 aromatic heterocycles. The summed E-state index contributed by atoms with van der Waals surface area (Å²) in [4.78, 5) is 0. The second-order valence-corrected chi connectivity index (χ2v) is 3.28. The highest BCUT2D eigenvalue weighted by Crippen LogP contribution is 2.24. The van der Waals surface area contributed by atoms with E-state index in [1.165, 1.54) is 0 Å². The van der Waals surface area contributed by atoms with Crippen molar-refractivity contribution in [1.29, 1.82) is 0 Å². The number of fused-ring (bicyclic) bond motifs is 1. The van der Waals surface area contributed by atoms with Gasteiger partial charge in [0.15, 0.2) is 0 Å². The van der Waals surface area contributed by atoms with E-state index in [1.807, 2.05) is 30.3 Å². The van der Waals surface area contributed by atoms with Crippen LogP contribution in [0.25, 0.3) is 11.0 Å². The third-order valence-electron chi connectivity index (χ3n) is 2.21. The number of hydrogen-bond acceptors (Lipinski definition) is 3. The third-order valence-corrected chi connectivity index (χ3v) is 2.21. The second kappa shape index (κ2) is 3.82. The summed E-state index contributed by atoms with van der Waals surface area (Å²) in [5.74, 6) is 0.594. The minimum atomic E-state index is -0.590. The Labute approximate surface area is 82.1 Å². The Morgan fingerprint density at radius 3 is 2.86 bits per heavy atom. The molecule has 0 spiro atoms. The molecular weight excluding hydrogens is 178 g/mol. The molecular formula is C11H13NO2. The second-order valence-electron chi connectivity index (χ2n) is 3.28. The highest BCUT2D eigenvalue weighted by atomic mass is 16.4. The van der Waals surface area contributed by atoms with Crippen LogP contribution < -0.4 is 5.73 Å². The van der Waals surface area contributed by atoms with Gasteiger partial charge in [0.1, 0.15) is 17.4 Å². The van der Waals surface area contributed by atoms with Crippen LogP contribution in [0, 0.1) is 0 Å². The normalized spacial score (nSPS) is 13.3. The Bertz CT molecular complexity index is 389. The zero-order valence-electron chi connectivity index (χ0n) is 7.81. The van der Waals surface area contributed by atoms with Gasteiger partial charge in [0, 0.05) is 5.39 Å². The molecule has 1 aromatic carbocycles. The van der Waals surface area contributed by atoms with Crippen molar-refractivity contribution in [1.82, 2.24) is 0 Å². The van der Waals surface area contributed by atoms with Gasteiger partial charge in [0.2, 0.25) is 0 Å². The lowest BCUT2D eigenvalue weighted by Crippen LogP contribution is -2.05. The molecule has 2 aromatic rings. The van der Waals surface area contributed by atoms with E-state index in [1.54, 1.807) is 0 Å². The van der Waals surface area contributed by atoms with Crippen molar-refractivity contribution in [2.45, 2.75) is 12.5 Å². The number of nitrogens with two attached hydrogens (primary N) is 1. The molecule has 0 radical (unpaired) electrons. The van der Waals surface area contributed by atoms with Gasteiger partial charge in [-0.25, -0.2) is 0 Å². The topological polar surface area (TPSA) is 59.4 Å². The van der Waals surface area contributed by atoms with Crippen LogP contribution in [-0.2, 0) is 0 Å². The molecule has 3 nitrogen and oxygen atoms in total. The average Bonchev–Trinajstić information content (AvgIpc) is 2.61. The molecule has 1 atom stereocenters. The predicted molar refractivity (Wildman–Crippen MR) is 54.8 cm³/mol. The van der Waals surface area contributed by atoms with E-state index in [0.717, 1.165) is 11.0 Å². The van der Waals surface area contributed by atoms with Crippen LogP contribution in [0.2, 0.25) is 0 Å². The van der Waals surface area contributed by atoms with Crippen molar-refractivity contribution in [3.8, 4) is 0 Å². The van der Waals surface area contributed by atoms with E-state index in [4.69, 9.17) is 10.2 Å². The fourth-order valence-electron chi connectivity index (χ4n) is 1.47. The number of benzene rings is 1. The minimum Gasteiger partial charge on any atom is -0.458 e. The number of furan rings is 1. The van der Waals surface area contributed by atoms with Crippen LogP contribution in [0.5, 0.6) is 0 Å².